The number of carbonyl (C=O) groups excluding carboxylic acids is 1. The van der Waals surface area contributed by atoms with Crippen LogP contribution in [0.5, 0.6) is 0 Å². The molecule has 2 aliphatic rings. The van der Waals surface area contributed by atoms with Crippen molar-refractivity contribution in [3.8, 4) is 0 Å². The van der Waals surface area contributed by atoms with Crippen LogP contribution in [-0.4, -0.2) is 60.9 Å². The zero-order chi connectivity index (χ0) is 18.8. The number of hydrogen-bond donors (Lipinski definition) is 0. The lowest BCUT2D eigenvalue weighted by Gasteiger charge is -2.38. The Morgan fingerprint density at radius 2 is 1.89 bits per heavy atom. The van der Waals surface area contributed by atoms with Crippen molar-refractivity contribution in [3.63, 3.8) is 0 Å². The smallest absolute Gasteiger partial charge is 0.325 e. The molecule has 0 aliphatic carbocycles. The number of fused-ring (bicyclic) bond motifs is 1. The van der Waals surface area contributed by atoms with Gasteiger partial charge in [-0.1, -0.05) is 17.7 Å². The second-order valence-electron chi connectivity index (χ2n) is 6.67. The molecule has 0 N–H and O–H groups in total. The molecular weight excluding hydrogens is 382 g/mol. The molecule has 0 atom stereocenters. The number of amides is 2. The highest BCUT2D eigenvalue weighted by molar-refractivity contribution is 7.99. The number of urea groups is 1. The van der Waals surface area contributed by atoms with Crippen LogP contribution in [0.1, 0.15) is 0 Å². The molecule has 8 heteroatoms. The highest BCUT2D eigenvalue weighted by Gasteiger charge is 2.30. The van der Waals surface area contributed by atoms with Gasteiger partial charge in [0.25, 0.3) is 0 Å². The average Bonchev–Trinajstić information content (AvgIpc) is 2.87. The number of thioether (sulfide) groups is 1. The second-order valence-corrected chi connectivity index (χ2v) is 8.03. The van der Waals surface area contributed by atoms with Gasteiger partial charge < -0.3 is 14.7 Å². The third-order valence-electron chi connectivity index (χ3n) is 4.90. The molecule has 1 fully saturated rings. The quantitative estimate of drug-likeness (QED) is 0.728. The highest BCUT2D eigenvalue weighted by Crippen LogP contribution is 2.36. The Labute approximate surface area is 168 Å². The van der Waals surface area contributed by atoms with Crippen LogP contribution in [0.2, 0.25) is 5.02 Å². The summed E-state index contributed by atoms with van der Waals surface area (Å²) in [5.74, 6) is 2.43. The van der Waals surface area contributed by atoms with E-state index in [1.807, 2.05) is 53.2 Å². The lowest BCUT2D eigenvalue weighted by atomic mass is 10.2. The van der Waals surface area contributed by atoms with Gasteiger partial charge in [-0.15, -0.1) is 11.8 Å². The van der Waals surface area contributed by atoms with Crippen molar-refractivity contribution in [2.75, 3.05) is 59.7 Å². The van der Waals surface area contributed by atoms with Crippen molar-refractivity contribution in [3.05, 3.63) is 47.6 Å². The van der Waals surface area contributed by atoms with E-state index in [4.69, 9.17) is 11.6 Å². The second kappa shape index (κ2) is 7.86. The van der Waals surface area contributed by atoms with Crippen LogP contribution in [0.4, 0.5) is 22.0 Å². The average molecular weight is 404 g/mol. The van der Waals surface area contributed by atoms with Gasteiger partial charge in [0.15, 0.2) is 0 Å². The third kappa shape index (κ3) is 3.80. The zero-order valence-corrected chi connectivity index (χ0v) is 16.8. The molecule has 2 amide bonds. The van der Waals surface area contributed by atoms with Gasteiger partial charge in [0.2, 0.25) is 0 Å². The molecule has 1 saturated heterocycles. The maximum Gasteiger partial charge on any atom is 0.325 e. The number of hydrogen-bond acceptors (Lipinski definition) is 5. The maximum atomic E-state index is 13.3. The van der Waals surface area contributed by atoms with E-state index in [9.17, 15) is 4.79 Å². The minimum absolute atomic E-state index is 0.0574. The molecule has 0 spiro atoms. The van der Waals surface area contributed by atoms with E-state index in [1.165, 1.54) is 0 Å². The fourth-order valence-corrected chi connectivity index (χ4v) is 4.53. The van der Waals surface area contributed by atoms with Gasteiger partial charge in [-0.05, 0) is 30.3 Å². The molecule has 0 bridgehead atoms. The highest BCUT2D eigenvalue weighted by atomic mass is 35.5. The molecule has 27 heavy (non-hydrogen) atoms. The van der Waals surface area contributed by atoms with E-state index < -0.39 is 0 Å². The first kappa shape index (κ1) is 18.3. The molecule has 1 aromatic carbocycles. The number of piperazine rings is 1. The number of carbonyl (C=O) groups is 1. The lowest BCUT2D eigenvalue weighted by molar-refractivity contribution is 0.202. The van der Waals surface area contributed by atoms with Crippen LogP contribution in [0, 0.1) is 0 Å². The SMILES string of the molecule is CN1CSCN(C(=O)N2CCN(c3ccccn3)CC2)c2ccc(Cl)cc21. The van der Waals surface area contributed by atoms with E-state index in [2.05, 4.69) is 14.8 Å². The number of nitrogens with zero attached hydrogens (tertiary/aromatic N) is 5. The molecule has 0 saturated carbocycles. The number of aromatic nitrogens is 1. The van der Waals surface area contributed by atoms with Gasteiger partial charge in [-0.25, -0.2) is 9.78 Å². The minimum atomic E-state index is 0.0574. The summed E-state index contributed by atoms with van der Waals surface area (Å²) in [6.45, 7) is 2.96. The van der Waals surface area contributed by atoms with Crippen molar-refractivity contribution < 1.29 is 4.79 Å². The van der Waals surface area contributed by atoms with E-state index in [0.29, 0.717) is 24.0 Å². The predicted molar refractivity (Wildman–Crippen MR) is 113 cm³/mol. The van der Waals surface area contributed by atoms with Crippen LogP contribution >= 0.6 is 23.4 Å². The first-order chi connectivity index (χ1) is 13.1. The van der Waals surface area contributed by atoms with Gasteiger partial charge >= 0.3 is 6.03 Å². The van der Waals surface area contributed by atoms with Gasteiger partial charge in [0.1, 0.15) is 5.82 Å². The third-order valence-corrected chi connectivity index (χ3v) is 6.14. The Kier molecular flexibility index (Phi) is 5.31. The monoisotopic (exact) mass is 403 g/mol. The Bertz CT molecular complexity index is 813. The van der Waals surface area contributed by atoms with E-state index in [-0.39, 0.29) is 6.03 Å². The van der Waals surface area contributed by atoms with E-state index >= 15 is 0 Å². The number of anilines is 3. The van der Waals surface area contributed by atoms with E-state index in [1.54, 1.807) is 18.0 Å². The topological polar surface area (TPSA) is 42.9 Å². The van der Waals surface area contributed by atoms with Crippen molar-refractivity contribution in [1.82, 2.24) is 9.88 Å². The predicted octanol–water partition coefficient (Wildman–Crippen LogP) is 3.58. The molecule has 142 valence electrons. The molecular formula is C19H22ClN5OS. The summed E-state index contributed by atoms with van der Waals surface area (Å²) < 4.78 is 0. The summed E-state index contributed by atoms with van der Waals surface area (Å²) in [4.78, 5) is 25.8. The van der Waals surface area contributed by atoms with E-state index in [0.717, 1.165) is 36.2 Å². The normalized spacial score (nSPS) is 17.6. The number of halogens is 1. The molecule has 0 unspecified atom stereocenters. The van der Waals surface area contributed by atoms with Crippen LogP contribution < -0.4 is 14.7 Å². The lowest BCUT2D eigenvalue weighted by Crippen LogP contribution is -2.53. The fourth-order valence-electron chi connectivity index (χ4n) is 3.44. The van der Waals surface area contributed by atoms with Crippen molar-refractivity contribution in [1.29, 1.82) is 0 Å². The Hall–Kier alpha value is -2.12. The Morgan fingerprint density at radius 1 is 1.07 bits per heavy atom. The van der Waals surface area contributed by atoms with Crippen LogP contribution in [0.3, 0.4) is 0 Å². The molecule has 6 nitrogen and oxygen atoms in total. The Morgan fingerprint density at radius 3 is 2.63 bits per heavy atom. The summed E-state index contributed by atoms with van der Waals surface area (Å²) in [7, 11) is 2.03. The fraction of sp³-hybridized carbons (Fsp3) is 0.368. The maximum absolute atomic E-state index is 13.3. The number of pyridine rings is 1. The molecule has 2 aliphatic heterocycles. The van der Waals surface area contributed by atoms with Gasteiger partial charge in [0, 0.05) is 44.4 Å². The number of rotatable bonds is 1. The van der Waals surface area contributed by atoms with Crippen molar-refractivity contribution in [2.24, 2.45) is 0 Å². The zero-order valence-electron chi connectivity index (χ0n) is 15.2. The molecule has 3 heterocycles. The van der Waals surface area contributed by atoms with Crippen LogP contribution in [-0.2, 0) is 0 Å². The minimum Gasteiger partial charge on any atom is -0.364 e. The van der Waals surface area contributed by atoms with Gasteiger partial charge in [0.05, 0.1) is 23.1 Å². The van der Waals surface area contributed by atoms with Crippen molar-refractivity contribution >= 4 is 46.6 Å². The summed E-state index contributed by atoms with van der Waals surface area (Å²) >= 11 is 7.91. The van der Waals surface area contributed by atoms with Crippen LogP contribution in [0.25, 0.3) is 0 Å². The standard InChI is InChI=1S/C19H22ClN5OS/c1-22-13-27-14-25(16-6-5-15(20)12-17(16)22)19(26)24-10-8-23(9-11-24)18-4-2-3-7-21-18/h2-7,12H,8-11,13-14H2,1H3. The summed E-state index contributed by atoms with van der Waals surface area (Å²) in [6.07, 6.45) is 1.81. The molecule has 2 aromatic rings. The van der Waals surface area contributed by atoms with Gasteiger partial charge in [-0.3, -0.25) is 4.90 Å². The number of benzene rings is 1. The first-order valence-corrected chi connectivity index (χ1v) is 10.5. The summed E-state index contributed by atoms with van der Waals surface area (Å²) in [5.41, 5.74) is 1.91. The van der Waals surface area contributed by atoms with Crippen molar-refractivity contribution in [2.45, 2.75) is 0 Å². The first-order valence-electron chi connectivity index (χ1n) is 8.94. The van der Waals surface area contributed by atoms with Gasteiger partial charge in [-0.2, -0.15) is 0 Å². The Balaban J connectivity index is 1.49. The molecule has 4 rings (SSSR count). The summed E-state index contributed by atoms with van der Waals surface area (Å²) in [6, 6.07) is 11.7. The summed E-state index contributed by atoms with van der Waals surface area (Å²) in [5, 5.41) is 0.684. The largest absolute Gasteiger partial charge is 0.364 e. The molecule has 0 radical (unpaired) electrons. The molecule has 1 aromatic heterocycles. The van der Waals surface area contributed by atoms with Crippen LogP contribution in [0.15, 0.2) is 42.6 Å².